The zero-order valence-electron chi connectivity index (χ0n) is 17.3. The number of carbonyl (C=O) groups excluding carboxylic acids is 2. The Morgan fingerprint density at radius 2 is 1.83 bits per heavy atom. The molecule has 0 aliphatic carbocycles. The van der Waals surface area contributed by atoms with E-state index in [-0.39, 0.29) is 18.6 Å². The molecule has 158 valence electrons. The van der Waals surface area contributed by atoms with Crippen LogP contribution in [0.2, 0.25) is 0 Å². The van der Waals surface area contributed by atoms with Gasteiger partial charge in [0.1, 0.15) is 17.5 Å². The molecule has 0 bridgehead atoms. The minimum Gasteiger partial charge on any atom is -0.481 e. The Bertz CT molecular complexity index is 895. The molecule has 8 heteroatoms. The van der Waals surface area contributed by atoms with Crippen LogP contribution in [0.3, 0.4) is 0 Å². The quantitative estimate of drug-likeness (QED) is 0.706. The molecular weight excluding hydrogens is 379 g/mol. The van der Waals surface area contributed by atoms with Gasteiger partial charge in [0.25, 0.3) is 0 Å². The summed E-state index contributed by atoms with van der Waals surface area (Å²) in [4.78, 5) is 29.3. The predicted octanol–water partition coefficient (Wildman–Crippen LogP) is 2.77. The molecule has 0 aliphatic heterocycles. The Hall–Kier alpha value is -2.74. The third-order valence-electron chi connectivity index (χ3n) is 4.22. The number of pyridine rings is 1. The normalized spacial score (nSPS) is 13.6. The lowest BCUT2D eigenvalue weighted by Gasteiger charge is -2.26. The molecule has 0 saturated heterocycles. The first-order valence-electron chi connectivity index (χ1n) is 9.34. The Kier molecular flexibility index (Phi) is 7.13. The van der Waals surface area contributed by atoms with Crippen molar-refractivity contribution in [2.45, 2.75) is 45.8 Å². The van der Waals surface area contributed by atoms with Crippen LogP contribution in [0.25, 0.3) is 10.9 Å². The molecule has 0 aliphatic rings. The second kappa shape index (κ2) is 9.17. The van der Waals surface area contributed by atoms with Crippen LogP contribution < -0.4 is 10.5 Å². The second-order valence-corrected chi connectivity index (χ2v) is 7.57. The summed E-state index contributed by atoms with van der Waals surface area (Å²) >= 11 is 0. The second-order valence-electron chi connectivity index (χ2n) is 7.57. The van der Waals surface area contributed by atoms with Crippen LogP contribution in [-0.2, 0) is 25.5 Å². The molecule has 0 radical (unpaired) electrons. The van der Waals surface area contributed by atoms with E-state index in [0.29, 0.717) is 16.8 Å². The van der Waals surface area contributed by atoms with Gasteiger partial charge in [0.15, 0.2) is 0 Å². The summed E-state index contributed by atoms with van der Waals surface area (Å²) in [6, 6.07) is 4.92. The number of esters is 2. The minimum absolute atomic E-state index is 0.0977. The molecular formula is C21H27FN2O5. The highest BCUT2D eigenvalue weighted by atomic mass is 19.1. The lowest BCUT2D eigenvalue weighted by Crippen LogP contribution is -2.47. The van der Waals surface area contributed by atoms with Crippen LogP contribution in [0.4, 0.5) is 4.39 Å². The van der Waals surface area contributed by atoms with E-state index >= 15 is 0 Å². The summed E-state index contributed by atoms with van der Waals surface area (Å²) in [5.74, 6) is -2.87. The van der Waals surface area contributed by atoms with E-state index in [4.69, 9.17) is 19.9 Å². The van der Waals surface area contributed by atoms with Crippen molar-refractivity contribution in [2.24, 2.45) is 11.7 Å². The van der Waals surface area contributed by atoms with E-state index in [1.54, 1.807) is 45.9 Å². The van der Waals surface area contributed by atoms with E-state index in [0.717, 1.165) is 0 Å². The average molecular weight is 406 g/mol. The van der Waals surface area contributed by atoms with Gasteiger partial charge in [-0.2, -0.15) is 0 Å². The van der Waals surface area contributed by atoms with Crippen LogP contribution in [0, 0.1) is 11.7 Å². The molecule has 7 nitrogen and oxygen atoms in total. The van der Waals surface area contributed by atoms with E-state index in [1.165, 1.54) is 13.2 Å². The SMILES string of the molecule is CCOC(=O)C(Cc1c(F)ccc2ccc(OC)nc12)C(N)C(=O)OC(C)(C)C. The Morgan fingerprint density at radius 1 is 1.17 bits per heavy atom. The first-order valence-corrected chi connectivity index (χ1v) is 9.34. The first-order chi connectivity index (χ1) is 13.6. The fraction of sp³-hybridized carbons (Fsp3) is 0.476. The largest absolute Gasteiger partial charge is 0.481 e. The van der Waals surface area contributed by atoms with Crippen LogP contribution in [0.5, 0.6) is 5.88 Å². The van der Waals surface area contributed by atoms with Crippen molar-refractivity contribution in [2.75, 3.05) is 13.7 Å². The van der Waals surface area contributed by atoms with Gasteiger partial charge in [0, 0.05) is 17.0 Å². The van der Waals surface area contributed by atoms with Gasteiger partial charge < -0.3 is 19.9 Å². The topological polar surface area (TPSA) is 101 Å². The highest BCUT2D eigenvalue weighted by Gasteiger charge is 2.36. The molecule has 0 amide bonds. The summed E-state index contributed by atoms with van der Waals surface area (Å²) in [6.45, 7) is 6.81. The standard InChI is InChI=1S/C21H27FN2O5/c1-6-28-19(25)14(17(23)20(26)29-21(2,3)4)11-13-15(22)9-7-12-8-10-16(27-5)24-18(12)13/h7-10,14,17H,6,11,23H2,1-5H3. The summed E-state index contributed by atoms with van der Waals surface area (Å²) in [6.07, 6.45) is -0.178. The van der Waals surface area contributed by atoms with Gasteiger partial charge in [-0.25, -0.2) is 9.37 Å². The fourth-order valence-corrected chi connectivity index (χ4v) is 2.87. The lowest BCUT2D eigenvalue weighted by molar-refractivity contribution is -0.163. The Balaban J connectivity index is 2.47. The van der Waals surface area contributed by atoms with Gasteiger partial charge >= 0.3 is 11.9 Å². The number of benzene rings is 1. The average Bonchev–Trinajstić information content (AvgIpc) is 2.65. The number of methoxy groups -OCH3 is 1. The van der Waals surface area contributed by atoms with E-state index in [1.807, 2.05) is 0 Å². The smallest absolute Gasteiger partial charge is 0.324 e. The Labute approximate surface area is 169 Å². The molecule has 29 heavy (non-hydrogen) atoms. The highest BCUT2D eigenvalue weighted by Crippen LogP contribution is 2.27. The minimum atomic E-state index is -1.33. The van der Waals surface area contributed by atoms with Crippen molar-refractivity contribution in [3.8, 4) is 5.88 Å². The summed E-state index contributed by atoms with van der Waals surface area (Å²) in [5, 5.41) is 0.663. The summed E-state index contributed by atoms with van der Waals surface area (Å²) in [7, 11) is 1.45. The molecule has 0 fully saturated rings. The van der Waals surface area contributed by atoms with Crippen molar-refractivity contribution in [3.63, 3.8) is 0 Å². The number of hydrogen-bond donors (Lipinski definition) is 1. The van der Waals surface area contributed by atoms with E-state index < -0.39 is 35.3 Å². The molecule has 0 saturated carbocycles. The molecule has 1 aromatic carbocycles. The third-order valence-corrected chi connectivity index (χ3v) is 4.22. The van der Waals surface area contributed by atoms with Gasteiger partial charge in [-0.1, -0.05) is 0 Å². The van der Waals surface area contributed by atoms with Crippen molar-refractivity contribution in [1.29, 1.82) is 0 Å². The maximum absolute atomic E-state index is 14.7. The summed E-state index contributed by atoms with van der Waals surface area (Å²) in [5.41, 5.74) is 5.75. The lowest BCUT2D eigenvalue weighted by atomic mass is 9.91. The fourth-order valence-electron chi connectivity index (χ4n) is 2.87. The number of fused-ring (bicyclic) bond motifs is 1. The van der Waals surface area contributed by atoms with Crippen molar-refractivity contribution < 1.29 is 28.2 Å². The number of halogens is 1. The highest BCUT2D eigenvalue weighted by molar-refractivity contribution is 5.87. The number of hydrogen-bond acceptors (Lipinski definition) is 7. The molecule has 0 spiro atoms. The zero-order valence-corrected chi connectivity index (χ0v) is 17.3. The molecule has 2 N–H and O–H groups in total. The first kappa shape index (κ1) is 22.5. The van der Waals surface area contributed by atoms with Crippen LogP contribution in [0.1, 0.15) is 33.3 Å². The monoisotopic (exact) mass is 406 g/mol. The number of aromatic nitrogens is 1. The molecule has 2 aromatic rings. The maximum Gasteiger partial charge on any atom is 0.324 e. The zero-order chi connectivity index (χ0) is 21.8. The van der Waals surface area contributed by atoms with Crippen LogP contribution >= 0.6 is 0 Å². The predicted molar refractivity (Wildman–Crippen MR) is 106 cm³/mol. The summed E-state index contributed by atoms with van der Waals surface area (Å²) < 4.78 is 30.2. The number of nitrogens with zero attached hydrogens (tertiary/aromatic N) is 1. The molecule has 1 heterocycles. The number of rotatable bonds is 7. The van der Waals surface area contributed by atoms with Gasteiger partial charge in [0.05, 0.1) is 25.2 Å². The van der Waals surface area contributed by atoms with Crippen molar-refractivity contribution in [3.05, 3.63) is 35.6 Å². The van der Waals surface area contributed by atoms with E-state index in [9.17, 15) is 14.0 Å². The van der Waals surface area contributed by atoms with Gasteiger partial charge in [-0.05, 0) is 52.3 Å². The molecule has 2 unspecified atom stereocenters. The molecule has 2 atom stereocenters. The van der Waals surface area contributed by atoms with E-state index in [2.05, 4.69) is 4.98 Å². The number of ether oxygens (including phenoxy) is 3. The van der Waals surface area contributed by atoms with Crippen molar-refractivity contribution >= 4 is 22.8 Å². The third kappa shape index (κ3) is 5.63. The van der Waals surface area contributed by atoms with Gasteiger partial charge in [-0.3, -0.25) is 9.59 Å². The van der Waals surface area contributed by atoms with Gasteiger partial charge in [-0.15, -0.1) is 0 Å². The Morgan fingerprint density at radius 3 is 2.41 bits per heavy atom. The van der Waals surface area contributed by atoms with Gasteiger partial charge in [0.2, 0.25) is 5.88 Å². The van der Waals surface area contributed by atoms with Crippen LogP contribution in [0.15, 0.2) is 24.3 Å². The maximum atomic E-state index is 14.7. The molecule has 2 rings (SSSR count). The van der Waals surface area contributed by atoms with Crippen LogP contribution in [-0.4, -0.2) is 42.3 Å². The molecule has 1 aromatic heterocycles. The number of nitrogens with two attached hydrogens (primary N) is 1. The van der Waals surface area contributed by atoms with Crippen molar-refractivity contribution in [1.82, 2.24) is 4.98 Å². The number of carbonyl (C=O) groups is 2.